The molecule has 0 atom stereocenters. The van der Waals surface area contributed by atoms with E-state index in [9.17, 15) is 13.2 Å². The van der Waals surface area contributed by atoms with Gasteiger partial charge in [-0.15, -0.1) is 0 Å². The minimum atomic E-state index is -3.84. The fraction of sp³-hybridized carbons (Fsp3) is 0.214. The normalized spacial score (nSPS) is 11.4. The number of furan rings is 1. The Bertz CT molecular complexity index is 778. The second kappa shape index (κ2) is 5.71. The number of rotatable bonds is 4. The molecule has 0 radical (unpaired) electrons. The number of carbonyl (C=O) groups is 1. The van der Waals surface area contributed by atoms with Gasteiger partial charge in [-0.2, -0.15) is 0 Å². The summed E-state index contributed by atoms with van der Waals surface area (Å²) >= 11 is 0. The Hall–Kier alpha value is -2.12. The Kier molecular flexibility index (Phi) is 4.15. The molecule has 0 aliphatic heterocycles. The van der Waals surface area contributed by atoms with Crippen LogP contribution in [0.1, 0.15) is 27.4 Å². The molecule has 7 heteroatoms. The lowest BCUT2D eigenvalue weighted by Crippen LogP contribution is -2.24. The molecule has 0 saturated heterocycles. The number of hydrogen-bond donors (Lipinski definition) is 2. The van der Waals surface area contributed by atoms with Crippen molar-refractivity contribution in [1.82, 2.24) is 5.32 Å². The molecule has 0 bridgehead atoms. The lowest BCUT2D eigenvalue weighted by molar-refractivity contribution is 0.0947. The molecule has 21 heavy (non-hydrogen) atoms. The number of primary sulfonamides is 1. The fourth-order valence-electron chi connectivity index (χ4n) is 1.87. The standard InChI is InChI=1S/C14H16N2O4S/c1-9-3-6-12(21(15,18)19)7-13(9)14(17)16-8-11-5-4-10(2)20-11/h3-7H,8H2,1-2H3,(H,16,17)(H2,15,18,19). The van der Waals surface area contributed by atoms with E-state index in [0.29, 0.717) is 11.3 Å². The average molecular weight is 308 g/mol. The zero-order chi connectivity index (χ0) is 15.6. The monoisotopic (exact) mass is 308 g/mol. The molecular formula is C14H16N2O4S. The van der Waals surface area contributed by atoms with E-state index in [0.717, 1.165) is 5.76 Å². The number of sulfonamides is 1. The van der Waals surface area contributed by atoms with Gasteiger partial charge < -0.3 is 9.73 Å². The quantitative estimate of drug-likeness (QED) is 0.892. The van der Waals surface area contributed by atoms with E-state index in [1.54, 1.807) is 25.1 Å². The summed E-state index contributed by atoms with van der Waals surface area (Å²) in [6.07, 6.45) is 0. The predicted molar refractivity (Wildman–Crippen MR) is 77.2 cm³/mol. The third-order valence-electron chi connectivity index (χ3n) is 3.00. The van der Waals surface area contributed by atoms with Crippen molar-refractivity contribution in [2.24, 2.45) is 5.14 Å². The van der Waals surface area contributed by atoms with Crippen molar-refractivity contribution < 1.29 is 17.6 Å². The van der Waals surface area contributed by atoms with Crippen LogP contribution in [-0.4, -0.2) is 14.3 Å². The summed E-state index contributed by atoms with van der Waals surface area (Å²) in [6.45, 7) is 3.76. The molecule has 0 saturated carbocycles. The van der Waals surface area contributed by atoms with E-state index >= 15 is 0 Å². The predicted octanol–water partition coefficient (Wildman–Crippen LogP) is 1.47. The lowest BCUT2D eigenvalue weighted by atomic mass is 10.1. The highest BCUT2D eigenvalue weighted by Gasteiger charge is 2.15. The Labute approximate surface area is 123 Å². The maximum Gasteiger partial charge on any atom is 0.251 e. The van der Waals surface area contributed by atoms with Crippen LogP contribution in [0.3, 0.4) is 0 Å². The van der Waals surface area contributed by atoms with Crippen molar-refractivity contribution >= 4 is 15.9 Å². The van der Waals surface area contributed by atoms with Gasteiger partial charge in [-0.3, -0.25) is 4.79 Å². The van der Waals surface area contributed by atoms with Gasteiger partial charge in [-0.05, 0) is 43.7 Å². The molecule has 1 aromatic heterocycles. The number of hydrogen-bond acceptors (Lipinski definition) is 4. The highest BCUT2D eigenvalue weighted by Crippen LogP contribution is 2.15. The second-order valence-electron chi connectivity index (χ2n) is 4.72. The number of benzene rings is 1. The Morgan fingerprint density at radius 3 is 2.52 bits per heavy atom. The number of nitrogens with one attached hydrogen (secondary N) is 1. The minimum absolute atomic E-state index is 0.0907. The maximum atomic E-state index is 12.1. The van der Waals surface area contributed by atoms with Crippen molar-refractivity contribution in [3.63, 3.8) is 0 Å². The van der Waals surface area contributed by atoms with Gasteiger partial charge >= 0.3 is 0 Å². The van der Waals surface area contributed by atoms with Crippen molar-refractivity contribution in [2.45, 2.75) is 25.3 Å². The van der Waals surface area contributed by atoms with Crippen LogP contribution in [0, 0.1) is 13.8 Å². The number of nitrogens with two attached hydrogens (primary N) is 1. The summed E-state index contributed by atoms with van der Waals surface area (Å²) in [5.74, 6) is 1.000. The van der Waals surface area contributed by atoms with Crippen molar-refractivity contribution in [3.8, 4) is 0 Å². The second-order valence-corrected chi connectivity index (χ2v) is 6.28. The third-order valence-corrected chi connectivity index (χ3v) is 3.91. The molecule has 0 unspecified atom stereocenters. The molecule has 2 rings (SSSR count). The van der Waals surface area contributed by atoms with Crippen LogP contribution in [0.4, 0.5) is 0 Å². The fourth-order valence-corrected chi connectivity index (χ4v) is 2.41. The molecule has 0 aliphatic carbocycles. The van der Waals surface area contributed by atoms with E-state index in [1.165, 1.54) is 12.1 Å². The number of aryl methyl sites for hydroxylation is 2. The molecule has 112 valence electrons. The molecule has 1 aromatic carbocycles. The number of amides is 1. The van der Waals surface area contributed by atoms with Crippen LogP contribution in [0.15, 0.2) is 39.6 Å². The van der Waals surface area contributed by atoms with Crippen LogP contribution in [0.5, 0.6) is 0 Å². The van der Waals surface area contributed by atoms with Gasteiger partial charge in [-0.1, -0.05) is 6.07 Å². The van der Waals surface area contributed by atoms with Gasteiger partial charge in [0.15, 0.2) is 0 Å². The molecule has 1 heterocycles. The number of carbonyl (C=O) groups excluding carboxylic acids is 1. The van der Waals surface area contributed by atoms with Crippen LogP contribution in [0.2, 0.25) is 0 Å². The smallest absolute Gasteiger partial charge is 0.251 e. The maximum absolute atomic E-state index is 12.1. The molecule has 0 aliphatic rings. The first-order chi connectivity index (χ1) is 9.77. The van der Waals surface area contributed by atoms with Crippen LogP contribution < -0.4 is 10.5 Å². The summed E-state index contributed by atoms with van der Waals surface area (Å²) in [5, 5.41) is 7.75. The molecule has 3 N–H and O–H groups in total. The highest BCUT2D eigenvalue weighted by molar-refractivity contribution is 7.89. The molecule has 1 amide bonds. The van der Waals surface area contributed by atoms with E-state index in [-0.39, 0.29) is 22.9 Å². The first-order valence-corrected chi connectivity index (χ1v) is 7.79. The summed E-state index contributed by atoms with van der Waals surface area (Å²) in [6, 6.07) is 7.76. The Morgan fingerprint density at radius 2 is 1.95 bits per heavy atom. The SMILES string of the molecule is Cc1ccc(CNC(=O)c2cc(S(N)(=O)=O)ccc2C)o1. The van der Waals surface area contributed by atoms with Crippen molar-refractivity contribution in [1.29, 1.82) is 0 Å². The summed E-state index contributed by atoms with van der Waals surface area (Å²) in [4.78, 5) is 12.0. The summed E-state index contributed by atoms with van der Waals surface area (Å²) in [5.41, 5.74) is 0.931. The zero-order valence-corrected chi connectivity index (χ0v) is 12.5. The van der Waals surface area contributed by atoms with Crippen molar-refractivity contribution in [3.05, 3.63) is 53.0 Å². The van der Waals surface area contributed by atoms with Crippen molar-refractivity contribution in [2.75, 3.05) is 0 Å². The van der Waals surface area contributed by atoms with Gasteiger partial charge in [0, 0.05) is 5.56 Å². The zero-order valence-electron chi connectivity index (χ0n) is 11.7. The molecule has 0 spiro atoms. The summed E-state index contributed by atoms with van der Waals surface area (Å²) < 4.78 is 28.0. The minimum Gasteiger partial charge on any atom is -0.465 e. The van der Waals surface area contributed by atoms with E-state index in [4.69, 9.17) is 9.56 Å². The van der Waals surface area contributed by atoms with Crippen LogP contribution >= 0.6 is 0 Å². The van der Waals surface area contributed by atoms with Gasteiger partial charge in [0.25, 0.3) is 5.91 Å². The van der Waals surface area contributed by atoms with Crippen LogP contribution in [-0.2, 0) is 16.6 Å². The molecule has 2 aromatic rings. The van der Waals surface area contributed by atoms with Crippen LogP contribution in [0.25, 0.3) is 0 Å². The van der Waals surface area contributed by atoms with E-state index < -0.39 is 10.0 Å². The first-order valence-electron chi connectivity index (χ1n) is 6.24. The first kappa shape index (κ1) is 15.3. The van der Waals surface area contributed by atoms with Gasteiger partial charge in [0.05, 0.1) is 11.4 Å². The lowest BCUT2D eigenvalue weighted by Gasteiger charge is -2.08. The Balaban J connectivity index is 2.18. The van der Waals surface area contributed by atoms with Gasteiger partial charge in [-0.25, -0.2) is 13.6 Å². The van der Waals surface area contributed by atoms with Gasteiger partial charge in [0.1, 0.15) is 11.5 Å². The summed E-state index contributed by atoms with van der Waals surface area (Å²) in [7, 11) is -3.84. The van der Waals surface area contributed by atoms with Gasteiger partial charge in [0.2, 0.25) is 10.0 Å². The van der Waals surface area contributed by atoms with E-state index in [2.05, 4.69) is 5.32 Å². The topological polar surface area (TPSA) is 102 Å². The van der Waals surface area contributed by atoms with E-state index in [1.807, 2.05) is 6.92 Å². The Morgan fingerprint density at radius 1 is 1.24 bits per heavy atom. The third kappa shape index (κ3) is 3.71. The molecular weight excluding hydrogens is 292 g/mol. The molecule has 6 nitrogen and oxygen atoms in total. The molecule has 0 fully saturated rings. The largest absolute Gasteiger partial charge is 0.465 e. The highest BCUT2D eigenvalue weighted by atomic mass is 32.2. The average Bonchev–Trinajstić information content (AvgIpc) is 2.81.